The van der Waals surface area contributed by atoms with Gasteiger partial charge in [0.05, 0.1) is 6.26 Å². The molecule has 0 radical (unpaired) electrons. The Morgan fingerprint density at radius 3 is 3.04 bits per heavy atom. The fraction of sp³-hybridized carbons (Fsp3) is 0.632. The molecule has 8 nitrogen and oxygen atoms in total. The molecule has 156 valence electrons. The summed E-state index contributed by atoms with van der Waals surface area (Å²) in [4.78, 5) is 11.6. The lowest BCUT2D eigenvalue weighted by Crippen LogP contribution is -2.41. The van der Waals surface area contributed by atoms with Crippen molar-refractivity contribution in [1.29, 1.82) is 0 Å². The lowest BCUT2D eigenvalue weighted by atomic mass is 10.0. The number of guanidine groups is 1. The molecule has 0 aromatic carbocycles. The molecule has 0 saturated carbocycles. The van der Waals surface area contributed by atoms with E-state index in [9.17, 15) is 0 Å². The average Bonchev–Trinajstić information content (AvgIpc) is 3.36. The van der Waals surface area contributed by atoms with Crippen molar-refractivity contribution >= 4 is 29.9 Å². The Balaban J connectivity index is 0.00000280. The number of aromatic nitrogens is 3. The fourth-order valence-electron chi connectivity index (χ4n) is 3.36. The number of H-pyrrole nitrogens is 1. The topological polar surface area (TPSA) is 94.4 Å². The second-order valence-electron chi connectivity index (χ2n) is 6.94. The molecule has 1 atom stereocenters. The Morgan fingerprint density at radius 1 is 1.39 bits per heavy atom. The van der Waals surface area contributed by atoms with Gasteiger partial charge in [0.15, 0.2) is 11.7 Å². The van der Waals surface area contributed by atoms with Crippen molar-refractivity contribution in [3.8, 4) is 11.6 Å². The van der Waals surface area contributed by atoms with Crippen LogP contribution in [-0.4, -0.2) is 58.3 Å². The molecular formula is C19H32IN7O. The molecule has 3 heterocycles. The van der Waals surface area contributed by atoms with Crippen LogP contribution in [0.4, 0.5) is 0 Å². The minimum atomic E-state index is 0. The molecule has 0 spiro atoms. The van der Waals surface area contributed by atoms with E-state index in [2.05, 4.69) is 49.6 Å². The zero-order chi connectivity index (χ0) is 18.9. The average molecular weight is 501 g/mol. The minimum absolute atomic E-state index is 0. The summed E-state index contributed by atoms with van der Waals surface area (Å²) >= 11 is 0. The monoisotopic (exact) mass is 501 g/mol. The van der Waals surface area contributed by atoms with Gasteiger partial charge < -0.3 is 20.0 Å². The number of aromatic amines is 1. The second kappa shape index (κ2) is 12.1. The predicted molar refractivity (Wildman–Crippen MR) is 122 cm³/mol. The highest BCUT2D eigenvalue weighted by molar-refractivity contribution is 14.0. The Hall–Kier alpha value is -1.62. The van der Waals surface area contributed by atoms with Crippen molar-refractivity contribution in [2.45, 2.75) is 52.1 Å². The van der Waals surface area contributed by atoms with E-state index >= 15 is 0 Å². The van der Waals surface area contributed by atoms with Crippen molar-refractivity contribution in [1.82, 2.24) is 30.7 Å². The number of aliphatic imine (C=N–C) groups is 1. The molecule has 28 heavy (non-hydrogen) atoms. The fourth-order valence-corrected chi connectivity index (χ4v) is 3.36. The second-order valence-corrected chi connectivity index (χ2v) is 6.94. The highest BCUT2D eigenvalue weighted by Gasteiger charge is 2.17. The first-order valence-corrected chi connectivity index (χ1v) is 9.97. The molecular weight excluding hydrogens is 469 g/mol. The smallest absolute Gasteiger partial charge is 0.216 e. The van der Waals surface area contributed by atoms with E-state index in [1.807, 2.05) is 12.1 Å². The first-order valence-electron chi connectivity index (χ1n) is 9.97. The van der Waals surface area contributed by atoms with Crippen molar-refractivity contribution in [2.24, 2.45) is 4.99 Å². The van der Waals surface area contributed by atoms with Gasteiger partial charge >= 0.3 is 0 Å². The third-order valence-electron chi connectivity index (χ3n) is 4.86. The standard InChI is InChI=1S/C19H31N7O.HI/c1-3-20-19(21-10-7-12-26-11-5-4-8-15(26)2)22-14-17-23-18(25-24-17)16-9-6-13-27-16;/h6,9,13,15H,3-5,7-8,10-12,14H2,1-2H3,(H2,20,21,22)(H,23,24,25);1H. The molecule has 0 aliphatic carbocycles. The van der Waals surface area contributed by atoms with Gasteiger partial charge in [-0.15, -0.1) is 29.1 Å². The minimum Gasteiger partial charge on any atom is -0.461 e. The van der Waals surface area contributed by atoms with Crippen LogP contribution in [0.5, 0.6) is 0 Å². The van der Waals surface area contributed by atoms with Crippen LogP contribution in [0.1, 0.15) is 45.4 Å². The molecule has 2 aromatic rings. The Kier molecular flexibility index (Phi) is 9.76. The van der Waals surface area contributed by atoms with E-state index in [4.69, 9.17) is 4.42 Å². The molecule has 3 N–H and O–H groups in total. The molecule has 1 unspecified atom stereocenters. The van der Waals surface area contributed by atoms with Gasteiger partial charge in [-0.2, -0.15) is 0 Å². The van der Waals surface area contributed by atoms with Crippen molar-refractivity contribution in [3.63, 3.8) is 0 Å². The highest BCUT2D eigenvalue weighted by atomic mass is 127. The first-order chi connectivity index (χ1) is 13.3. The van der Waals surface area contributed by atoms with Crippen molar-refractivity contribution in [2.75, 3.05) is 26.2 Å². The summed E-state index contributed by atoms with van der Waals surface area (Å²) in [6.45, 7) is 8.95. The number of nitrogens with zero attached hydrogens (tertiary/aromatic N) is 4. The molecule has 3 rings (SSSR count). The highest BCUT2D eigenvalue weighted by Crippen LogP contribution is 2.16. The summed E-state index contributed by atoms with van der Waals surface area (Å²) in [6.07, 6.45) is 6.76. The maximum Gasteiger partial charge on any atom is 0.216 e. The quantitative estimate of drug-likeness (QED) is 0.223. The van der Waals surface area contributed by atoms with E-state index in [0.29, 0.717) is 24.0 Å². The van der Waals surface area contributed by atoms with Gasteiger partial charge in [-0.05, 0) is 51.8 Å². The summed E-state index contributed by atoms with van der Waals surface area (Å²) in [5, 5.41) is 13.8. The number of rotatable bonds is 8. The predicted octanol–water partition coefficient (Wildman–Crippen LogP) is 3.00. The summed E-state index contributed by atoms with van der Waals surface area (Å²) in [5.74, 6) is 2.72. The van der Waals surface area contributed by atoms with Crippen LogP contribution < -0.4 is 10.6 Å². The molecule has 1 aliphatic rings. The number of furan rings is 1. The van der Waals surface area contributed by atoms with E-state index in [0.717, 1.165) is 38.1 Å². The van der Waals surface area contributed by atoms with Gasteiger partial charge in [0.1, 0.15) is 12.4 Å². The van der Waals surface area contributed by atoms with E-state index in [-0.39, 0.29) is 24.0 Å². The number of hydrogen-bond donors (Lipinski definition) is 3. The molecule has 1 aliphatic heterocycles. The molecule has 2 aromatic heterocycles. The van der Waals surface area contributed by atoms with Crippen LogP contribution in [-0.2, 0) is 6.54 Å². The van der Waals surface area contributed by atoms with Gasteiger partial charge in [-0.3, -0.25) is 5.10 Å². The molecule has 0 amide bonds. The normalized spacial score (nSPS) is 17.9. The molecule has 1 saturated heterocycles. The first kappa shape index (κ1) is 22.7. The van der Waals surface area contributed by atoms with Gasteiger partial charge in [0.2, 0.25) is 5.82 Å². The van der Waals surface area contributed by atoms with Gasteiger partial charge in [0, 0.05) is 25.7 Å². The van der Waals surface area contributed by atoms with Crippen molar-refractivity contribution in [3.05, 3.63) is 24.2 Å². The van der Waals surface area contributed by atoms with Gasteiger partial charge in [0.25, 0.3) is 0 Å². The molecule has 1 fully saturated rings. The lowest BCUT2D eigenvalue weighted by Gasteiger charge is -2.33. The summed E-state index contributed by atoms with van der Waals surface area (Å²) < 4.78 is 5.31. The summed E-state index contributed by atoms with van der Waals surface area (Å²) in [6, 6.07) is 4.38. The zero-order valence-corrected chi connectivity index (χ0v) is 19.1. The number of likely N-dealkylation sites (tertiary alicyclic amines) is 1. The van der Waals surface area contributed by atoms with E-state index in [1.165, 1.54) is 25.8 Å². The third-order valence-corrected chi connectivity index (χ3v) is 4.86. The van der Waals surface area contributed by atoms with Gasteiger partial charge in [-0.1, -0.05) is 6.42 Å². The Bertz CT molecular complexity index is 701. The lowest BCUT2D eigenvalue weighted by molar-refractivity contribution is 0.159. The van der Waals surface area contributed by atoms with Crippen LogP contribution in [0.2, 0.25) is 0 Å². The largest absolute Gasteiger partial charge is 0.461 e. The summed E-state index contributed by atoms with van der Waals surface area (Å²) in [7, 11) is 0. The summed E-state index contributed by atoms with van der Waals surface area (Å²) in [5.41, 5.74) is 0. The molecule has 9 heteroatoms. The van der Waals surface area contributed by atoms with E-state index < -0.39 is 0 Å². The maximum atomic E-state index is 5.31. The van der Waals surface area contributed by atoms with Crippen LogP contribution in [0.3, 0.4) is 0 Å². The molecule has 0 bridgehead atoms. The van der Waals surface area contributed by atoms with Crippen LogP contribution in [0.25, 0.3) is 11.6 Å². The number of piperidine rings is 1. The maximum absolute atomic E-state index is 5.31. The Morgan fingerprint density at radius 2 is 2.29 bits per heavy atom. The van der Waals surface area contributed by atoms with E-state index in [1.54, 1.807) is 6.26 Å². The number of hydrogen-bond acceptors (Lipinski definition) is 5. The third kappa shape index (κ3) is 6.77. The number of halogens is 1. The number of nitrogens with one attached hydrogen (secondary N) is 3. The zero-order valence-electron chi connectivity index (χ0n) is 16.8. The van der Waals surface area contributed by atoms with Crippen LogP contribution >= 0.6 is 24.0 Å². The van der Waals surface area contributed by atoms with Gasteiger partial charge in [-0.25, -0.2) is 9.98 Å². The van der Waals surface area contributed by atoms with Crippen LogP contribution in [0.15, 0.2) is 27.8 Å². The van der Waals surface area contributed by atoms with Crippen LogP contribution in [0, 0.1) is 0 Å². The van der Waals surface area contributed by atoms with Crippen molar-refractivity contribution < 1.29 is 4.42 Å². The Labute approximate surface area is 184 Å². The SMILES string of the molecule is CCNC(=NCc1nc(-c2ccco2)n[nH]1)NCCCN1CCCCC1C.I.